The van der Waals surface area contributed by atoms with Gasteiger partial charge in [0, 0.05) is 56.1 Å². The fourth-order valence-corrected chi connectivity index (χ4v) is 4.84. The molecule has 1 aromatic heterocycles. The number of fused-ring (bicyclic) bond motifs is 1. The molecule has 2 aliphatic heterocycles. The molecule has 5 heteroatoms. The molecule has 1 fully saturated rings. The van der Waals surface area contributed by atoms with Crippen LogP contribution in [0.2, 0.25) is 0 Å². The maximum Gasteiger partial charge on any atom is 0.120 e. The Kier molecular flexibility index (Phi) is 5.77. The van der Waals surface area contributed by atoms with Crippen molar-refractivity contribution in [2.75, 3.05) is 44.8 Å². The number of aromatic hydroxyl groups is 1. The van der Waals surface area contributed by atoms with Crippen LogP contribution in [0.3, 0.4) is 0 Å². The normalized spacial score (nSPS) is 16.7. The molecule has 0 amide bonds. The first-order valence-electron chi connectivity index (χ1n) is 11.5. The van der Waals surface area contributed by atoms with E-state index >= 15 is 0 Å². The molecule has 0 atom stereocenters. The molecule has 3 heterocycles. The van der Waals surface area contributed by atoms with E-state index in [-0.39, 0.29) is 0 Å². The van der Waals surface area contributed by atoms with Gasteiger partial charge in [-0.3, -0.25) is 4.90 Å². The second-order valence-electron chi connectivity index (χ2n) is 8.73. The quantitative estimate of drug-likeness (QED) is 0.613. The van der Waals surface area contributed by atoms with Crippen LogP contribution in [0.4, 0.5) is 5.82 Å². The van der Waals surface area contributed by atoms with Crippen molar-refractivity contribution >= 4 is 17.5 Å². The van der Waals surface area contributed by atoms with E-state index in [9.17, 15) is 5.11 Å². The van der Waals surface area contributed by atoms with Crippen LogP contribution >= 0.6 is 0 Å². The number of aryl methyl sites for hydroxylation is 1. The van der Waals surface area contributed by atoms with Crippen molar-refractivity contribution in [2.24, 2.45) is 0 Å². The van der Waals surface area contributed by atoms with Gasteiger partial charge < -0.3 is 19.7 Å². The van der Waals surface area contributed by atoms with Gasteiger partial charge in [-0.15, -0.1) is 0 Å². The summed E-state index contributed by atoms with van der Waals surface area (Å²) in [5, 5.41) is 10.5. The number of aromatic nitrogens is 1. The van der Waals surface area contributed by atoms with E-state index in [4.69, 9.17) is 4.74 Å². The number of phenols is 1. The molecule has 0 unspecified atom stereocenters. The molecule has 2 aliphatic rings. The molecule has 5 nitrogen and oxygen atoms in total. The topological polar surface area (TPSA) is 51.7 Å². The number of aromatic amines is 1. The minimum absolute atomic E-state index is 0.366. The smallest absolute Gasteiger partial charge is 0.120 e. The van der Waals surface area contributed by atoms with Crippen molar-refractivity contribution in [3.63, 3.8) is 0 Å². The SMILES string of the molecule is CCc1ccccc1-c1c[nH]c2c1C=C(c1ccc(O)c(CN3CCOCC3)c1)CN2C. The van der Waals surface area contributed by atoms with Gasteiger partial charge in [0.05, 0.1) is 13.2 Å². The maximum absolute atomic E-state index is 10.5. The molecule has 0 bridgehead atoms. The number of phenolic OH excluding ortho intramolecular Hbond substituents is 1. The number of nitrogens with one attached hydrogen (secondary N) is 1. The minimum atomic E-state index is 0.366. The molecule has 0 saturated carbocycles. The highest BCUT2D eigenvalue weighted by Gasteiger charge is 2.23. The monoisotopic (exact) mass is 429 g/mol. The summed E-state index contributed by atoms with van der Waals surface area (Å²) < 4.78 is 5.47. The second-order valence-corrected chi connectivity index (χ2v) is 8.73. The van der Waals surface area contributed by atoms with E-state index in [0.717, 1.165) is 57.2 Å². The molecule has 0 radical (unpaired) electrons. The minimum Gasteiger partial charge on any atom is -0.508 e. The zero-order valence-electron chi connectivity index (χ0n) is 18.9. The van der Waals surface area contributed by atoms with Gasteiger partial charge in [-0.2, -0.15) is 0 Å². The number of hydrogen-bond acceptors (Lipinski definition) is 4. The number of likely N-dealkylation sites (N-methyl/N-ethyl adjacent to an activating group) is 1. The first-order chi connectivity index (χ1) is 15.6. The third-order valence-electron chi connectivity index (χ3n) is 6.64. The fourth-order valence-electron chi connectivity index (χ4n) is 4.84. The van der Waals surface area contributed by atoms with E-state index in [1.807, 2.05) is 12.1 Å². The van der Waals surface area contributed by atoms with E-state index < -0.39 is 0 Å². The summed E-state index contributed by atoms with van der Waals surface area (Å²) in [5.41, 5.74) is 8.53. The van der Waals surface area contributed by atoms with Crippen LogP contribution in [-0.4, -0.2) is 54.9 Å². The highest BCUT2D eigenvalue weighted by molar-refractivity contribution is 5.96. The van der Waals surface area contributed by atoms with Gasteiger partial charge in [0.1, 0.15) is 11.6 Å². The number of benzene rings is 2. The Morgan fingerprint density at radius 3 is 2.66 bits per heavy atom. The number of anilines is 1. The van der Waals surface area contributed by atoms with Crippen molar-refractivity contribution in [1.29, 1.82) is 0 Å². The van der Waals surface area contributed by atoms with Crippen LogP contribution in [0, 0.1) is 0 Å². The number of morpholine rings is 1. The van der Waals surface area contributed by atoms with Gasteiger partial charge in [0.15, 0.2) is 0 Å². The van der Waals surface area contributed by atoms with Gasteiger partial charge >= 0.3 is 0 Å². The van der Waals surface area contributed by atoms with Crippen LogP contribution in [0.25, 0.3) is 22.8 Å². The Balaban J connectivity index is 1.51. The summed E-state index contributed by atoms with van der Waals surface area (Å²) in [6, 6.07) is 14.7. The molecule has 1 saturated heterocycles. The van der Waals surface area contributed by atoms with Crippen molar-refractivity contribution in [1.82, 2.24) is 9.88 Å². The predicted molar refractivity (Wildman–Crippen MR) is 131 cm³/mol. The van der Waals surface area contributed by atoms with Gasteiger partial charge in [-0.1, -0.05) is 37.3 Å². The zero-order chi connectivity index (χ0) is 22.1. The Morgan fingerprint density at radius 1 is 1.03 bits per heavy atom. The molecule has 32 heavy (non-hydrogen) atoms. The molecule has 2 aromatic carbocycles. The van der Waals surface area contributed by atoms with Crippen LogP contribution < -0.4 is 4.90 Å². The second kappa shape index (κ2) is 8.85. The van der Waals surface area contributed by atoms with Gasteiger partial charge in [-0.25, -0.2) is 0 Å². The lowest BCUT2D eigenvalue weighted by Gasteiger charge is -2.28. The van der Waals surface area contributed by atoms with Gasteiger partial charge in [-0.05, 0) is 46.9 Å². The number of nitrogens with zero attached hydrogens (tertiary/aromatic N) is 2. The van der Waals surface area contributed by atoms with Crippen molar-refractivity contribution < 1.29 is 9.84 Å². The van der Waals surface area contributed by atoms with E-state index in [0.29, 0.717) is 5.75 Å². The predicted octanol–water partition coefficient (Wildman–Crippen LogP) is 4.77. The molecule has 166 valence electrons. The highest BCUT2D eigenvalue weighted by Crippen LogP contribution is 2.39. The van der Waals surface area contributed by atoms with Crippen LogP contribution in [-0.2, 0) is 17.7 Å². The third kappa shape index (κ3) is 3.94. The summed E-state index contributed by atoms with van der Waals surface area (Å²) in [6.45, 7) is 7.10. The lowest BCUT2D eigenvalue weighted by Crippen LogP contribution is -2.35. The first-order valence-corrected chi connectivity index (χ1v) is 11.5. The first kappa shape index (κ1) is 20.9. The molecular formula is C27H31N3O2. The van der Waals surface area contributed by atoms with Crippen LogP contribution in [0.1, 0.15) is 29.2 Å². The molecule has 5 rings (SSSR count). The van der Waals surface area contributed by atoms with Gasteiger partial charge in [0.25, 0.3) is 0 Å². The van der Waals surface area contributed by atoms with Crippen molar-refractivity contribution in [3.8, 4) is 16.9 Å². The van der Waals surface area contributed by atoms with Crippen molar-refractivity contribution in [3.05, 3.63) is 70.9 Å². The molecule has 0 spiro atoms. The van der Waals surface area contributed by atoms with Crippen LogP contribution in [0.15, 0.2) is 48.7 Å². The third-order valence-corrected chi connectivity index (χ3v) is 6.64. The zero-order valence-corrected chi connectivity index (χ0v) is 18.9. The van der Waals surface area contributed by atoms with E-state index in [1.54, 1.807) is 0 Å². The standard InChI is InChI=1S/C27H31N3O2/c1-3-19-6-4-5-7-23(19)25-16-28-27-24(25)15-21(17-29(27)2)20-8-9-26(31)22(14-20)18-30-10-12-32-13-11-30/h4-9,14-16,28,31H,3,10-13,17-18H2,1-2H3. The summed E-state index contributed by atoms with van der Waals surface area (Å²) >= 11 is 0. The Labute approximate surface area is 189 Å². The summed E-state index contributed by atoms with van der Waals surface area (Å²) in [7, 11) is 2.13. The number of ether oxygens (including phenoxy) is 1. The van der Waals surface area contributed by atoms with E-state index in [2.05, 4.69) is 71.4 Å². The van der Waals surface area contributed by atoms with Gasteiger partial charge in [0.2, 0.25) is 0 Å². The fraction of sp³-hybridized carbons (Fsp3) is 0.333. The summed E-state index contributed by atoms with van der Waals surface area (Å²) in [4.78, 5) is 8.11. The van der Waals surface area contributed by atoms with Crippen molar-refractivity contribution in [2.45, 2.75) is 19.9 Å². The Morgan fingerprint density at radius 2 is 1.84 bits per heavy atom. The van der Waals surface area contributed by atoms with E-state index in [1.165, 1.54) is 33.4 Å². The average molecular weight is 430 g/mol. The highest BCUT2D eigenvalue weighted by atomic mass is 16.5. The largest absolute Gasteiger partial charge is 0.508 e. The Hall–Kier alpha value is -3.02. The molecular weight excluding hydrogens is 398 g/mol. The average Bonchev–Trinajstić information content (AvgIpc) is 3.25. The molecule has 2 N–H and O–H groups in total. The maximum atomic E-state index is 10.5. The Bertz CT molecular complexity index is 1140. The lowest BCUT2D eigenvalue weighted by molar-refractivity contribution is 0.0339. The molecule has 3 aromatic rings. The number of H-pyrrole nitrogens is 1. The molecule has 0 aliphatic carbocycles. The summed E-state index contributed by atoms with van der Waals surface area (Å²) in [6.07, 6.45) is 5.46. The number of hydrogen-bond donors (Lipinski definition) is 2. The van der Waals surface area contributed by atoms with Crippen LogP contribution in [0.5, 0.6) is 5.75 Å². The summed E-state index contributed by atoms with van der Waals surface area (Å²) in [5.74, 6) is 1.52. The number of rotatable bonds is 5. The lowest BCUT2D eigenvalue weighted by atomic mass is 9.92.